The Bertz CT molecular complexity index is 1090. The van der Waals surface area contributed by atoms with E-state index >= 15 is 0 Å². The highest BCUT2D eigenvalue weighted by atomic mass is 32.2. The minimum Gasteiger partial charge on any atom is -0.484 e. The van der Waals surface area contributed by atoms with Crippen LogP contribution in [-0.4, -0.2) is 20.9 Å². The molecule has 30 heavy (non-hydrogen) atoms. The predicted octanol–water partition coefficient (Wildman–Crippen LogP) is 3.88. The first kappa shape index (κ1) is 21.3. The average molecular weight is 428 g/mol. The van der Waals surface area contributed by atoms with Gasteiger partial charge in [-0.25, -0.2) is 12.8 Å². The first-order valence-corrected chi connectivity index (χ1v) is 10.7. The number of ether oxygens (including phenoxy) is 1. The summed E-state index contributed by atoms with van der Waals surface area (Å²) in [6, 6.07) is 19.9. The number of sulfonamides is 1. The second-order valence-corrected chi connectivity index (χ2v) is 8.25. The van der Waals surface area contributed by atoms with E-state index in [0.29, 0.717) is 11.4 Å². The van der Waals surface area contributed by atoms with E-state index in [1.165, 1.54) is 36.4 Å². The molecule has 0 aliphatic rings. The predicted molar refractivity (Wildman–Crippen MR) is 112 cm³/mol. The average Bonchev–Trinajstić information content (AvgIpc) is 2.73. The van der Waals surface area contributed by atoms with Crippen molar-refractivity contribution in [2.24, 2.45) is 0 Å². The molecule has 0 aliphatic heterocycles. The van der Waals surface area contributed by atoms with Gasteiger partial charge in [0.15, 0.2) is 6.61 Å². The molecular formula is C22H21FN2O4S. The largest absolute Gasteiger partial charge is 0.484 e. The molecular weight excluding hydrogens is 407 g/mol. The van der Waals surface area contributed by atoms with Gasteiger partial charge in [-0.1, -0.05) is 30.3 Å². The number of hydrogen-bond donors (Lipinski definition) is 2. The Morgan fingerprint density at radius 3 is 2.23 bits per heavy atom. The molecule has 0 aromatic heterocycles. The molecule has 0 bridgehead atoms. The van der Waals surface area contributed by atoms with Gasteiger partial charge in [0, 0.05) is 5.69 Å². The van der Waals surface area contributed by atoms with E-state index in [0.717, 1.165) is 5.56 Å². The van der Waals surface area contributed by atoms with E-state index in [4.69, 9.17) is 4.74 Å². The molecule has 156 valence electrons. The molecule has 0 radical (unpaired) electrons. The summed E-state index contributed by atoms with van der Waals surface area (Å²) in [5, 5.41) is 2.76. The van der Waals surface area contributed by atoms with Crippen LogP contribution in [0.4, 0.5) is 10.1 Å². The fraction of sp³-hybridized carbons (Fsp3) is 0.136. The van der Waals surface area contributed by atoms with Crippen LogP contribution in [0.2, 0.25) is 0 Å². The lowest BCUT2D eigenvalue weighted by atomic mass is 10.1. The Balaban J connectivity index is 1.54. The fourth-order valence-corrected chi connectivity index (χ4v) is 3.76. The summed E-state index contributed by atoms with van der Waals surface area (Å²) in [6.45, 7) is 1.55. The zero-order chi connectivity index (χ0) is 21.6. The summed E-state index contributed by atoms with van der Waals surface area (Å²) >= 11 is 0. The van der Waals surface area contributed by atoms with Gasteiger partial charge in [0.2, 0.25) is 0 Å². The van der Waals surface area contributed by atoms with Crippen molar-refractivity contribution in [3.8, 4) is 5.75 Å². The van der Waals surface area contributed by atoms with Crippen LogP contribution in [0.5, 0.6) is 5.75 Å². The number of anilines is 1. The molecule has 3 aromatic rings. The van der Waals surface area contributed by atoms with Gasteiger partial charge in [0.1, 0.15) is 11.6 Å². The van der Waals surface area contributed by atoms with Gasteiger partial charge < -0.3 is 10.1 Å². The Morgan fingerprint density at radius 1 is 0.967 bits per heavy atom. The van der Waals surface area contributed by atoms with Crippen molar-refractivity contribution < 1.29 is 22.3 Å². The number of rotatable bonds is 8. The Morgan fingerprint density at radius 2 is 1.60 bits per heavy atom. The number of carbonyl (C=O) groups is 1. The van der Waals surface area contributed by atoms with Crippen LogP contribution in [-0.2, 0) is 14.8 Å². The lowest BCUT2D eigenvalue weighted by Gasteiger charge is -2.15. The summed E-state index contributed by atoms with van der Waals surface area (Å²) < 4.78 is 45.7. The normalized spacial score (nSPS) is 12.1. The molecule has 0 saturated carbocycles. The van der Waals surface area contributed by atoms with Crippen molar-refractivity contribution >= 4 is 21.6 Å². The summed E-state index contributed by atoms with van der Waals surface area (Å²) in [5.74, 6) is -0.336. The third kappa shape index (κ3) is 5.81. The van der Waals surface area contributed by atoms with E-state index in [1.54, 1.807) is 49.4 Å². The minimum absolute atomic E-state index is 0.0769. The topological polar surface area (TPSA) is 84.5 Å². The third-order valence-electron chi connectivity index (χ3n) is 4.28. The lowest BCUT2D eigenvalue weighted by Crippen LogP contribution is -2.31. The van der Waals surface area contributed by atoms with E-state index in [-0.39, 0.29) is 29.3 Å². The highest BCUT2D eigenvalue weighted by molar-refractivity contribution is 7.92. The Hall–Kier alpha value is -3.39. The highest BCUT2D eigenvalue weighted by Gasteiger charge is 2.15. The second-order valence-electron chi connectivity index (χ2n) is 6.57. The van der Waals surface area contributed by atoms with Crippen molar-refractivity contribution in [2.45, 2.75) is 17.9 Å². The maximum Gasteiger partial charge on any atom is 0.261 e. The zero-order valence-corrected chi connectivity index (χ0v) is 17.0. The smallest absolute Gasteiger partial charge is 0.261 e. The molecule has 1 unspecified atom stereocenters. The van der Waals surface area contributed by atoms with Crippen LogP contribution in [0.25, 0.3) is 0 Å². The first-order chi connectivity index (χ1) is 14.3. The van der Waals surface area contributed by atoms with Crippen molar-refractivity contribution in [3.05, 3.63) is 90.2 Å². The van der Waals surface area contributed by atoms with Gasteiger partial charge in [0.05, 0.1) is 10.9 Å². The standard InChI is InChI=1S/C22H21FN2O4S/c1-16(17-7-9-18(23)10-8-17)24-22(26)15-29-20-11-13-21(14-12-20)30(27,28)25-19-5-3-2-4-6-19/h2-14,16,25H,15H2,1H3,(H,24,26). The molecule has 0 heterocycles. The molecule has 0 spiro atoms. The summed E-state index contributed by atoms with van der Waals surface area (Å²) in [7, 11) is -3.72. The number of nitrogens with one attached hydrogen (secondary N) is 2. The van der Waals surface area contributed by atoms with Gasteiger partial charge in [0.25, 0.3) is 15.9 Å². The van der Waals surface area contributed by atoms with Gasteiger partial charge in [-0.05, 0) is 61.0 Å². The summed E-state index contributed by atoms with van der Waals surface area (Å²) in [6.07, 6.45) is 0. The molecule has 3 aromatic carbocycles. The zero-order valence-electron chi connectivity index (χ0n) is 16.2. The monoisotopic (exact) mass is 428 g/mol. The highest BCUT2D eigenvalue weighted by Crippen LogP contribution is 2.19. The molecule has 1 amide bonds. The minimum atomic E-state index is -3.72. The molecule has 6 nitrogen and oxygen atoms in total. The first-order valence-electron chi connectivity index (χ1n) is 9.19. The molecule has 0 fully saturated rings. The van der Waals surface area contributed by atoms with Crippen LogP contribution < -0.4 is 14.8 Å². The third-order valence-corrected chi connectivity index (χ3v) is 5.67. The number of hydrogen-bond acceptors (Lipinski definition) is 4. The van der Waals surface area contributed by atoms with Crippen LogP contribution in [0, 0.1) is 5.82 Å². The van der Waals surface area contributed by atoms with E-state index in [1.807, 2.05) is 0 Å². The van der Waals surface area contributed by atoms with E-state index in [2.05, 4.69) is 10.0 Å². The van der Waals surface area contributed by atoms with Crippen molar-refractivity contribution in [1.82, 2.24) is 5.32 Å². The maximum absolute atomic E-state index is 13.0. The SMILES string of the molecule is CC(NC(=O)COc1ccc(S(=O)(=O)Nc2ccccc2)cc1)c1ccc(F)cc1. The fourth-order valence-electron chi connectivity index (χ4n) is 2.70. The van der Waals surface area contributed by atoms with Crippen LogP contribution >= 0.6 is 0 Å². The Labute approximate surface area is 174 Å². The van der Waals surface area contributed by atoms with Crippen molar-refractivity contribution in [1.29, 1.82) is 0 Å². The molecule has 0 saturated heterocycles. The molecule has 0 aliphatic carbocycles. The molecule has 2 N–H and O–H groups in total. The summed E-state index contributed by atoms with van der Waals surface area (Å²) in [5.41, 5.74) is 1.23. The number of carbonyl (C=O) groups excluding carboxylic acids is 1. The van der Waals surface area contributed by atoms with Crippen LogP contribution in [0.15, 0.2) is 83.8 Å². The number of benzene rings is 3. The van der Waals surface area contributed by atoms with Gasteiger partial charge in [-0.15, -0.1) is 0 Å². The number of para-hydroxylation sites is 1. The molecule has 1 atom stereocenters. The van der Waals surface area contributed by atoms with E-state index in [9.17, 15) is 17.6 Å². The molecule has 8 heteroatoms. The van der Waals surface area contributed by atoms with Gasteiger partial charge >= 0.3 is 0 Å². The Kier molecular flexibility index (Phi) is 6.68. The number of amides is 1. The van der Waals surface area contributed by atoms with Crippen LogP contribution in [0.1, 0.15) is 18.5 Å². The lowest BCUT2D eigenvalue weighted by molar-refractivity contribution is -0.123. The quantitative estimate of drug-likeness (QED) is 0.570. The van der Waals surface area contributed by atoms with Crippen molar-refractivity contribution in [3.63, 3.8) is 0 Å². The molecule has 3 rings (SSSR count). The van der Waals surface area contributed by atoms with Gasteiger partial charge in [-0.2, -0.15) is 0 Å². The van der Waals surface area contributed by atoms with Crippen molar-refractivity contribution in [2.75, 3.05) is 11.3 Å². The van der Waals surface area contributed by atoms with E-state index < -0.39 is 10.0 Å². The maximum atomic E-state index is 13.0. The second kappa shape index (κ2) is 9.41. The summed E-state index contributed by atoms with van der Waals surface area (Å²) in [4.78, 5) is 12.2. The van der Waals surface area contributed by atoms with Gasteiger partial charge in [-0.3, -0.25) is 9.52 Å². The number of halogens is 1. The van der Waals surface area contributed by atoms with Crippen LogP contribution in [0.3, 0.4) is 0 Å².